The number of carbonyl (C=O) groups is 1. The van der Waals surface area contributed by atoms with Gasteiger partial charge in [-0.3, -0.25) is 0 Å². The van der Waals surface area contributed by atoms with Crippen LogP contribution in [0.25, 0.3) is 0 Å². The molecule has 0 aliphatic heterocycles. The van der Waals surface area contributed by atoms with Gasteiger partial charge in [-0.1, -0.05) is 0 Å². The third-order valence-corrected chi connectivity index (χ3v) is 1.94. The van der Waals surface area contributed by atoms with Gasteiger partial charge in [0, 0.05) is 12.1 Å². The molecule has 0 aliphatic rings. The zero-order chi connectivity index (χ0) is 10.7. The van der Waals surface area contributed by atoms with Crippen molar-refractivity contribution >= 4 is 11.7 Å². The number of hydrogen-bond acceptors (Lipinski definition) is 2. The topological polar surface area (TPSA) is 74.1 Å². The Morgan fingerprint density at radius 1 is 1.50 bits per heavy atom. The Bertz CT molecular complexity index is 347. The number of hydrogen-bond donors (Lipinski definition) is 3. The van der Waals surface area contributed by atoms with Gasteiger partial charge in [0.05, 0.1) is 11.7 Å². The van der Waals surface area contributed by atoms with E-state index >= 15 is 0 Å². The lowest BCUT2D eigenvalue weighted by Gasteiger charge is -2.08. The summed E-state index contributed by atoms with van der Waals surface area (Å²) in [4.78, 5) is 10.7. The van der Waals surface area contributed by atoms with Crippen LogP contribution < -0.4 is 5.32 Å². The molecule has 0 aliphatic carbocycles. The molecule has 4 nitrogen and oxygen atoms in total. The Kier molecular flexibility index (Phi) is 3.22. The van der Waals surface area contributed by atoms with Gasteiger partial charge in [0.1, 0.15) is 5.69 Å². The minimum absolute atomic E-state index is 0.165. The van der Waals surface area contributed by atoms with E-state index in [1.54, 1.807) is 18.3 Å². The van der Waals surface area contributed by atoms with Crippen molar-refractivity contribution < 1.29 is 20.3 Å². The van der Waals surface area contributed by atoms with E-state index in [0.717, 1.165) is 0 Å². The number of benzene rings is 1. The summed E-state index contributed by atoms with van der Waals surface area (Å²) in [7, 11) is 3.56. The lowest BCUT2D eigenvalue weighted by Crippen LogP contribution is -2.69. The number of aliphatic hydroxyl groups excluding tert-OH is 1. The molecular weight excluding hydrogens is 182 g/mol. The molecule has 0 amide bonds. The van der Waals surface area contributed by atoms with Crippen molar-refractivity contribution in [1.29, 1.82) is 0 Å². The zero-order valence-corrected chi connectivity index (χ0v) is 7.90. The van der Waals surface area contributed by atoms with Crippen LogP contribution in [0.4, 0.5) is 5.69 Å². The molecule has 0 saturated carbocycles. The summed E-state index contributed by atoms with van der Waals surface area (Å²) < 4.78 is 0. The molecule has 14 heavy (non-hydrogen) atoms. The Balaban J connectivity index is 3.20. The van der Waals surface area contributed by atoms with Crippen molar-refractivity contribution in [2.75, 3.05) is 0 Å². The average molecular weight is 195 g/mol. The molecule has 0 bridgehead atoms. The van der Waals surface area contributed by atoms with Crippen molar-refractivity contribution in [3.8, 4) is 0 Å². The number of carboxylic acid groups (broad SMARTS) is 1. The van der Waals surface area contributed by atoms with Crippen molar-refractivity contribution in [3.05, 3.63) is 36.4 Å². The van der Waals surface area contributed by atoms with E-state index in [-0.39, 0.29) is 5.56 Å². The fourth-order valence-corrected chi connectivity index (χ4v) is 1.16. The van der Waals surface area contributed by atoms with Crippen LogP contribution in [0.15, 0.2) is 18.2 Å². The fraction of sp³-hybridized carbons (Fsp3) is 0.200. The van der Waals surface area contributed by atoms with Crippen LogP contribution >= 0.6 is 0 Å². The largest absolute Gasteiger partial charge is 0.478 e. The van der Waals surface area contributed by atoms with E-state index in [1.165, 1.54) is 12.1 Å². The van der Waals surface area contributed by atoms with E-state index in [9.17, 15) is 9.90 Å². The summed E-state index contributed by atoms with van der Waals surface area (Å²) >= 11 is 0. The van der Waals surface area contributed by atoms with Gasteiger partial charge in [-0.2, -0.15) is 0 Å². The summed E-state index contributed by atoms with van der Waals surface area (Å²) in [6, 6.07) is 4.69. The predicted molar refractivity (Wildman–Crippen MR) is 51.0 cm³/mol. The molecule has 4 N–H and O–H groups in total. The van der Waals surface area contributed by atoms with Crippen LogP contribution in [0.2, 0.25) is 0 Å². The minimum Gasteiger partial charge on any atom is -0.478 e. The Morgan fingerprint density at radius 3 is 2.57 bits per heavy atom. The second kappa shape index (κ2) is 4.21. The predicted octanol–water partition coefficient (Wildman–Crippen LogP) is 0.425. The van der Waals surface area contributed by atoms with Crippen LogP contribution in [0, 0.1) is 7.05 Å². The summed E-state index contributed by atoms with van der Waals surface area (Å²) in [5.41, 5.74) is 1.44. The van der Waals surface area contributed by atoms with Gasteiger partial charge in [-0.15, -0.1) is 7.05 Å². The summed E-state index contributed by atoms with van der Waals surface area (Å²) in [6.07, 6.45) is -0.673. The highest BCUT2D eigenvalue weighted by Gasteiger charge is 2.10. The molecule has 0 heterocycles. The zero-order valence-electron chi connectivity index (χ0n) is 7.90. The maximum Gasteiger partial charge on any atom is 0.335 e. The Morgan fingerprint density at radius 2 is 2.14 bits per heavy atom. The van der Waals surface area contributed by atoms with E-state index in [4.69, 9.17) is 5.11 Å². The van der Waals surface area contributed by atoms with Crippen LogP contribution in [-0.2, 0) is 0 Å². The van der Waals surface area contributed by atoms with Gasteiger partial charge in [0.25, 0.3) is 0 Å². The molecule has 0 saturated heterocycles. The second-order valence-electron chi connectivity index (χ2n) is 3.07. The van der Waals surface area contributed by atoms with E-state index in [0.29, 0.717) is 11.3 Å². The molecule has 76 valence electrons. The number of rotatable bonds is 3. The molecule has 4 heteroatoms. The first-order valence-electron chi connectivity index (χ1n) is 4.23. The van der Waals surface area contributed by atoms with Crippen molar-refractivity contribution in [1.82, 2.24) is 0 Å². The standard InChI is InChI=1S/C10H13NO3/c1-6(12)7-3-8(10(13)14)5-9(4-7)11-2/h3-6,12H,2,11H2,1H3,(H,13,14). The van der Waals surface area contributed by atoms with Crippen molar-refractivity contribution in [2.45, 2.75) is 13.0 Å². The maximum atomic E-state index is 10.7. The smallest absolute Gasteiger partial charge is 0.335 e. The van der Waals surface area contributed by atoms with Crippen LogP contribution in [-0.4, -0.2) is 16.2 Å². The molecule has 1 aromatic carbocycles. The third kappa shape index (κ3) is 2.31. The van der Waals surface area contributed by atoms with Gasteiger partial charge < -0.3 is 15.5 Å². The molecule has 0 aromatic heterocycles. The quantitative estimate of drug-likeness (QED) is 0.483. The summed E-state index contributed by atoms with van der Waals surface area (Å²) in [6.45, 7) is 1.59. The van der Waals surface area contributed by atoms with Crippen LogP contribution in [0.3, 0.4) is 0 Å². The van der Waals surface area contributed by atoms with Gasteiger partial charge >= 0.3 is 5.97 Å². The molecule has 1 atom stereocenters. The average Bonchev–Trinajstić information content (AvgIpc) is 2.16. The van der Waals surface area contributed by atoms with Crippen LogP contribution in [0.1, 0.15) is 28.9 Å². The Hall–Kier alpha value is -1.39. The van der Waals surface area contributed by atoms with E-state index < -0.39 is 12.1 Å². The van der Waals surface area contributed by atoms with Crippen LogP contribution in [0.5, 0.6) is 0 Å². The lowest BCUT2D eigenvalue weighted by molar-refractivity contribution is -0.504. The molecule has 1 rings (SSSR count). The number of aromatic carboxylic acids is 1. The second-order valence-corrected chi connectivity index (χ2v) is 3.07. The highest BCUT2D eigenvalue weighted by molar-refractivity contribution is 5.88. The number of carboxylic acids is 1. The lowest BCUT2D eigenvalue weighted by atomic mass is 10.1. The molecule has 1 unspecified atom stereocenters. The highest BCUT2D eigenvalue weighted by atomic mass is 16.4. The van der Waals surface area contributed by atoms with Gasteiger partial charge in [-0.05, 0) is 18.6 Å². The van der Waals surface area contributed by atoms with Gasteiger partial charge in [0.2, 0.25) is 0 Å². The van der Waals surface area contributed by atoms with Crippen molar-refractivity contribution in [2.24, 2.45) is 0 Å². The minimum atomic E-state index is -1.00. The summed E-state index contributed by atoms with van der Waals surface area (Å²) in [5, 5.41) is 19.7. The van der Waals surface area contributed by atoms with E-state index in [1.807, 2.05) is 0 Å². The fourth-order valence-electron chi connectivity index (χ4n) is 1.16. The first kappa shape index (κ1) is 10.7. The van der Waals surface area contributed by atoms with Crippen molar-refractivity contribution in [3.63, 3.8) is 0 Å². The number of quaternary nitrogens is 1. The Labute approximate surface area is 82.2 Å². The number of nitrogens with two attached hydrogens (primary N) is 1. The summed E-state index contributed by atoms with van der Waals surface area (Å²) in [5.74, 6) is -1.00. The van der Waals surface area contributed by atoms with Gasteiger partial charge in [0.15, 0.2) is 0 Å². The third-order valence-electron chi connectivity index (χ3n) is 1.94. The SMILES string of the molecule is [CH2-][NH2+]c1cc(C(=O)O)cc(C(C)O)c1. The molecular formula is C10H13NO3. The first-order valence-corrected chi connectivity index (χ1v) is 4.23. The number of aliphatic hydroxyl groups is 1. The maximum absolute atomic E-state index is 10.7. The molecule has 0 fully saturated rings. The normalized spacial score (nSPS) is 12.5. The molecule has 1 aromatic rings. The first-order chi connectivity index (χ1) is 6.54. The monoisotopic (exact) mass is 195 g/mol. The molecule has 0 spiro atoms. The highest BCUT2D eigenvalue weighted by Crippen LogP contribution is 2.17. The van der Waals surface area contributed by atoms with Gasteiger partial charge in [-0.25, -0.2) is 4.79 Å². The molecule has 0 radical (unpaired) electrons. The van der Waals surface area contributed by atoms with E-state index in [2.05, 4.69) is 7.05 Å².